The molecule has 0 saturated carbocycles. The van der Waals surface area contributed by atoms with Crippen LogP contribution in [-0.4, -0.2) is 32.9 Å². The van der Waals surface area contributed by atoms with E-state index in [1.54, 1.807) is 0 Å². The number of hydrogen-bond donors (Lipinski definition) is 0. The van der Waals surface area contributed by atoms with Gasteiger partial charge >= 0.3 is 199 Å². The molecule has 0 amide bonds. The van der Waals surface area contributed by atoms with Gasteiger partial charge in [0.05, 0.1) is 32.9 Å². The fraction of sp³-hybridized carbons (Fsp3) is 0.571. The van der Waals surface area contributed by atoms with Crippen molar-refractivity contribution in [3.63, 3.8) is 0 Å². The maximum absolute atomic E-state index is 10.7. The van der Waals surface area contributed by atoms with E-state index in [0.717, 1.165) is 0 Å². The van der Waals surface area contributed by atoms with Crippen molar-refractivity contribution in [2.75, 3.05) is 12.3 Å². The molecule has 0 aromatic heterocycles. The Kier molecular flexibility index (Phi) is 16.2. The molecule has 3 aromatic rings. The van der Waals surface area contributed by atoms with Gasteiger partial charge < -0.3 is 0 Å². The van der Waals surface area contributed by atoms with E-state index in [2.05, 4.69) is 167 Å². The Morgan fingerprint density at radius 2 is 0.736 bits per heavy atom. The fourth-order valence-corrected chi connectivity index (χ4v) is 19.1. The van der Waals surface area contributed by atoms with Crippen molar-refractivity contribution in [2.45, 2.75) is 145 Å². The van der Waals surface area contributed by atoms with Crippen LogP contribution in [0.2, 0.25) is 0 Å². The zero-order chi connectivity index (χ0) is 42.0. The molecule has 1 atom stereocenters. The van der Waals surface area contributed by atoms with Gasteiger partial charge in [0.1, 0.15) is 0 Å². The Morgan fingerprint density at radius 3 is 0.925 bits per heavy atom. The first-order valence-electron chi connectivity index (χ1n) is 18.2. The molecule has 0 aliphatic carbocycles. The van der Waals surface area contributed by atoms with Crippen LogP contribution in [0.1, 0.15) is 116 Å². The second-order valence-electron chi connectivity index (χ2n) is 18.8. The van der Waals surface area contributed by atoms with Crippen molar-refractivity contribution < 1.29 is 39.7 Å². The van der Waals surface area contributed by atoms with E-state index in [0.29, 0.717) is 27.5 Å². The van der Waals surface area contributed by atoms with Gasteiger partial charge in [0, 0.05) is 15.8 Å². The zero-order valence-corrected chi connectivity index (χ0v) is 40.4. The molecule has 53 heavy (non-hydrogen) atoms. The van der Waals surface area contributed by atoms with E-state index in [9.17, 15) is 25.2 Å². The molecule has 0 aliphatic heterocycles. The molecule has 11 heteroatoms. The molecule has 306 valence electrons. The average molecular weight is 870 g/mol. The number of aryl methyl sites for hydroxylation is 6. The minimum absolute atomic E-state index is 0.364. The van der Waals surface area contributed by atoms with Crippen LogP contribution in [-0.2, 0) is 14.6 Å². The predicted molar refractivity (Wildman–Crippen MR) is 233 cm³/mol. The Morgan fingerprint density at radius 1 is 0.509 bits per heavy atom. The summed E-state index contributed by atoms with van der Waals surface area (Å²) in [6, 6.07) is 15.8. The van der Waals surface area contributed by atoms with Crippen LogP contribution in [0.15, 0.2) is 42.5 Å². The van der Waals surface area contributed by atoms with E-state index >= 15 is 0 Å². The number of rotatable bonds is 6. The van der Waals surface area contributed by atoms with Crippen LogP contribution in [0, 0.1) is 41.5 Å². The van der Waals surface area contributed by atoms with Crippen LogP contribution in [0.25, 0.3) is 22.3 Å². The van der Waals surface area contributed by atoms with E-state index in [1.807, 2.05) is 0 Å². The number of benzene rings is 3. The SMILES string of the molecule is CC(C)(C)[PH+](CC[PH+](C(C)(C)C)C(C)(C)C)C(C)(C)C.Cc1cc(C)c(-c2cccc(-c3c(C)cc(C)cc3C)c2[PH+]=[Ni])c(C)c1.F[P-](F)(F)(F)(F)F. The Bertz CT molecular complexity index is 1550. The van der Waals surface area contributed by atoms with E-state index in [4.69, 9.17) is 14.6 Å². The van der Waals surface area contributed by atoms with E-state index in [-0.39, 0.29) is 15.8 Å². The molecule has 3 rings (SSSR count). The first kappa shape index (κ1) is 50.3. The predicted octanol–water partition coefficient (Wildman–Crippen LogP) is 16.6. The number of halogens is 6. The maximum atomic E-state index is 9.87. The molecule has 0 nitrogen and oxygen atoms in total. The summed E-state index contributed by atoms with van der Waals surface area (Å²) in [5.41, 5.74) is 13.3. The van der Waals surface area contributed by atoms with Gasteiger partial charge in [0.25, 0.3) is 0 Å². The molecule has 3 aromatic carbocycles. The normalized spacial score (nSPS) is 14.3. The van der Waals surface area contributed by atoms with Crippen molar-refractivity contribution in [1.82, 2.24) is 0 Å². The molecule has 0 spiro atoms. The van der Waals surface area contributed by atoms with Crippen molar-refractivity contribution in [1.29, 1.82) is 0 Å². The first-order chi connectivity index (χ1) is 23.2. The van der Waals surface area contributed by atoms with Gasteiger partial charge in [-0.1, -0.05) is 0 Å². The Hall–Kier alpha value is -0.676. The quantitative estimate of drug-likeness (QED) is 0.132. The van der Waals surface area contributed by atoms with E-state index < -0.39 is 7.81 Å². The van der Waals surface area contributed by atoms with Gasteiger partial charge in [-0.3, -0.25) is 0 Å². The summed E-state index contributed by atoms with van der Waals surface area (Å²) in [7, 11) is -11.4. The molecular formula is C42H68F6NiP4+2. The fourth-order valence-electron chi connectivity index (χ4n) is 8.26. The van der Waals surface area contributed by atoms with Gasteiger partial charge in [-0.2, -0.15) is 0 Å². The summed E-state index contributed by atoms with van der Waals surface area (Å²) in [5, 5.41) is 3.34. The molecule has 0 saturated heterocycles. The zero-order valence-electron chi connectivity index (χ0n) is 35.5. The second-order valence-corrected chi connectivity index (χ2v) is 31.0. The van der Waals surface area contributed by atoms with Gasteiger partial charge in [0.2, 0.25) is 0 Å². The van der Waals surface area contributed by atoms with Crippen LogP contribution in [0.4, 0.5) is 25.2 Å². The molecular weight excluding hydrogens is 801 g/mol. The molecule has 0 heterocycles. The van der Waals surface area contributed by atoms with Gasteiger partial charge in [-0.15, -0.1) is 0 Å². The Balaban J connectivity index is 0.000000462. The molecule has 1 unspecified atom stereocenters. The minimum atomic E-state index is -10.7. The third-order valence-corrected chi connectivity index (χ3v) is 20.0. The Labute approximate surface area is 329 Å². The molecule has 0 aliphatic rings. The average Bonchev–Trinajstić information content (AvgIpc) is 2.85. The van der Waals surface area contributed by atoms with Crippen molar-refractivity contribution in [2.24, 2.45) is 0 Å². The van der Waals surface area contributed by atoms with Gasteiger partial charge in [0.15, 0.2) is 0 Å². The monoisotopic (exact) mass is 868 g/mol. The van der Waals surface area contributed by atoms with Crippen molar-refractivity contribution >= 4 is 35.9 Å². The van der Waals surface area contributed by atoms with Crippen LogP contribution < -0.4 is 5.30 Å². The van der Waals surface area contributed by atoms with Crippen molar-refractivity contribution in [3.8, 4) is 22.3 Å². The summed E-state index contributed by atoms with van der Waals surface area (Å²) in [6.45, 7) is 43.1. The molecule has 0 N–H and O–H groups in total. The summed E-state index contributed by atoms with van der Waals surface area (Å²) < 4.78 is 59.2. The van der Waals surface area contributed by atoms with Crippen LogP contribution >= 0.6 is 30.6 Å². The standard InChI is InChI=1S/C24H26P.C18H40P2.F6P.Ni/c1-14-10-16(3)22(17(4)11-14)20-8-7-9-21(24(20)25)23-18(5)12-15(2)13-19(23)6;1-15(2,3)19(16(4,5)6)13-14-20(17(7,8)9)18(10,11)12;1-7(2,3,4,5)6;/h7-13,25H,1-6H3;13-14H2,1-12H3;;/q-1;;-1;+2/p+2. The van der Waals surface area contributed by atoms with E-state index in [1.165, 1.54) is 73.3 Å². The summed E-state index contributed by atoms with van der Waals surface area (Å²) >= 11 is 5.31. The van der Waals surface area contributed by atoms with Crippen LogP contribution in [0.3, 0.4) is 0 Å². The molecule has 0 radical (unpaired) electrons. The summed E-state index contributed by atoms with van der Waals surface area (Å²) in [4.78, 5) is 0. The first-order valence-corrected chi connectivity index (χ1v) is 25.9. The molecule has 0 fully saturated rings. The van der Waals surface area contributed by atoms with Gasteiger partial charge in [-0.25, -0.2) is 0 Å². The number of hydrogen-bond acceptors (Lipinski definition) is 0. The topological polar surface area (TPSA) is 0 Å². The summed E-state index contributed by atoms with van der Waals surface area (Å²) in [6.07, 6.45) is 2.97. The summed E-state index contributed by atoms with van der Waals surface area (Å²) in [5.74, 6) is 0. The third-order valence-electron chi connectivity index (χ3n) is 9.28. The van der Waals surface area contributed by atoms with Crippen molar-refractivity contribution in [3.05, 3.63) is 75.8 Å². The van der Waals surface area contributed by atoms with Gasteiger partial charge in [-0.05, 0) is 83.1 Å². The van der Waals surface area contributed by atoms with Crippen LogP contribution in [0.5, 0.6) is 0 Å². The second kappa shape index (κ2) is 17.0. The third kappa shape index (κ3) is 17.6. The molecule has 0 bridgehead atoms.